The molecule has 0 radical (unpaired) electrons. The molecule has 2 aromatic rings. The predicted molar refractivity (Wildman–Crippen MR) is 226 cm³/mol. The maximum atomic E-state index is 14.5. The molecule has 2 amide bonds. The number of ether oxygens (including phenoxy) is 1. The van der Waals surface area contributed by atoms with Crippen LogP contribution in [-0.4, -0.2) is 163 Å². The number of nitrogens with zero attached hydrogens (tertiary/aromatic N) is 9. The maximum Gasteiger partial charge on any atom is 0.281 e. The topological polar surface area (TPSA) is 126 Å². The van der Waals surface area contributed by atoms with E-state index in [2.05, 4.69) is 19.8 Å². The van der Waals surface area contributed by atoms with E-state index in [1.165, 1.54) is 24.5 Å². The van der Waals surface area contributed by atoms with E-state index in [0.29, 0.717) is 56.8 Å². The number of amides is 2. The molecule has 5 fully saturated rings. The smallest absolute Gasteiger partial charge is 0.281 e. The Morgan fingerprint density at radius 3 is 2.14 bits per heavy atom. The van der Waals surface area contributed by atoms with Crippen LogP contribution in [0.15, 0.2) is 42.9 Å². The highest BCUT2D eigenvalue weighted by Crippen LogP contribution is 2.46. The SMILES string of the molecule is CC(C)N(C(=O)c1cc(F)ccc1Oc1cncnc1N1CC2(CCN(CC3CCN(S(=O)(=O)N4CCC5(CC4)CN(C(=O)/C=C/CN(C)C)C5)CC3)CC2)C1)C(C)C. The summed E-state index contributed by atoms with van der Waals surface area (Å²) in [5, 5.41) is 0. The summed E-state index contributed by atoms with van der Waals surface area (Å²) in [5.41, 5.74) is 0.396. The zero-order valence-corrected chi connectivity index (χ0v) is 36.7. The molecule has 16 heteroatoms. The number of piperidine rings is 3. The summed E-state index contributed by atoms with van der Waals surface area (Å²) in [7, 11) is 0.438. The number of anilines is 1. The molecule has 2 spiro atoms. The fourth-order valence-corrected chi connectivity index (χ4v) is 11.5. The summed E-state index contributed by atoms with van der Waals surface area (Å²) in [6.07, 6.45) is 12.1. The third-order valence-electron chi connectivity index (χ3n) is 13.3. The van der Waals surface area contributed by atoms with Crippen LogP contribution in [0.2, 0.25) is 0 Å². The van der Waals surface area contributed by atoms with Gasteiger partial charge in [-0.3, -0.25) is 9.59 Å². The van der Waals surface area contributed by atoms with E-state index >= 15 is 0 Å². The van der Waals surface area contributed by atoms with Crippen LogP contribution < -0.4 is 9.64 Å². The van der Waals surface area contributed by atoms with Crippen molar-refractivity contribution < 1.29 is 27.1 Å². The third-order valence-corrected chi connectivity index (χ3v) is 15.3. The summed E-state index contributed by atoms with van der Waals surface area (Å²) >= 11 is 0. The standard InChI is InChI=1S/C43H64FN9O5S/c1-32(2)53(33(3)4)41(55)36-24-35(44)9-10-37(36)58-38-25-45-31-46-40(38)50-29-42(30-50)13-20-48(21-14-42)26-34-11-18-51(19-12-34)59(56,57)52-22-15-43(16-23-52)27-49(28-43)39(54)8-7-17-47(5)6/h7-10,24-25,31-34H,11-23,26-30H2,1-6H3/b8-7+. The normalized spacial score (nSPS) is 21.8. The van der Waals surface area contributed by atoms with E-state index in [1.54, 1.807) is 25.8 Å². The minimum absolute atomic E-state index is 0.0448. The van der Waals surface area contributed by atoms with Crippen molar-refractivity contribution in [1.82, 2.24) is 38.2 Å². The fourth-order valence-electron chi connectivity index (χ4n) is 9.89. The number of carbonyl (C=O) groups excluding carboxylic acids is 2. The van der Waals surface area contributed by atoms with Gasteiger partial charge in [0.1, 0.15) is 17.9 Å². The monoisotopic (exact) mass is 837 g/mol. The van der Waals surface area contributed by atoms with E-state index in [1.807, 2.05) is 57.7 Å². The van der Waals surface area contributed by atoms with Gasteiger partial charge in [-0.05, 0) is 118 Å². The molecule has 7 rings (SSSR count). The molecule has 14 nitrogen and oxygen atoms in total. The van der Waals surface area contributed by atoms with Crippen LogP contribution in [0.1, 0.15) is 76.6 Å². The molecule has 0 saturated carbocycles. The summed E-state index contributed by atoms with van der Waals surface area (Å²) in [4.78, 5) is 45.3. The highest BCUT2D eigenvalue weighted by Gasteiger charge is 2.49. The maximum absolute atomic E-state index is 14.5. The summed E-state index contributed by atoms with van der Waals surface area (Å²) in [6.45, 7) is 16.8. The number of hydrogen-bond acceptors (Lipinski definition) is 10. The Morgan fingerprint density at radius 2 is 1.51 bits per heavy atom. The number of aromatic nitrogens is 2. The lowest BCUT2D eigenvalue weighted by molar-refractivity contribution is -0.140. The quantitative estimate of drug-likeness (QED) is 0.265. The predicted octanol–water partition coefficient (Wildman–Crippen LogP) is 4.57. The van der Waals surface area contributed by atoms with Crippen LogP contribution in [0.5, 0.6) is 11.5 Å². The Balaban J connectivity index is 0.851. The summed E-state index contributed by atoms with van der Waals surface area (Å²) in [5.74, 6) is 1.09. The summed E-state index contributed by atoms with van der Waals surface area (Å²) < 4.78 is 51.5. The van der Waals surface area contributed by atoms with Crippen molar-refractivity contribution in [1.29, 1.82) is 0 Å². The Morgan fingerprint density at radius 1 is 0.898 bits per heavy atom. The number of halogens is 1. The van der Waals surface area contributed by atoms with Crippen molar-refractivity contribution in [3.8, 4) is 11.5 Å². The molecule has 0 N–H and O–H groups in total. The Hall–Kier alpha value is -3.70. The number of likely N-dealkylation sites (tertiary alicyclic amines) is 2. The molecule has 59 heavy (non-hydrogen) atoms. The first-order valence-corrected chi connectivity index (χ1v) is 22.9. The zero-order valence-electron chi connectivity index (χ0n) is 35.9. The second kappa shape index (κ2) is 17.7. The molecule has 5 aliphatic heterocycles. The third kappa shape index (κ3) is 9.61. The van der Waals surface area contributed by atoms with Gasteiger partial charge in [0, 0.05) is 94.4 Å². The highest BCUT2D eigenvalue weighted by molar-refractivity contribution is 7.86. The van der Waals surface area contributed by atoms with Gasteiger partial charge >= 0.3 is 0 Å². The molecular weight excluding hydrogens is 774 g/mol. The van der Waals surface area contributed by atoms with Gasteiger partial charge in [0.05, 0.1) is 11.8 Å². The fraction of sp³-hybridized carbons (Fsp3) is 0.674. The average molecular weight is 838 g/mol. The van der Waals surface area contributed by atoms with Crippen LogP contribution in [0.3, 0.4) is 0 Å². The van der Waals surface area contributed by atoms with Crippen molar-refractivity contribution >= 4 is 27.8 Å². The van der Waals surface area contributed by atoms with E-state index in [-0.39, 0.29) is 46.0 Å². The minimum Gasteiger partial charge on any atom is -0.451 e. The van der Waals surface area contributed by atoms with Crippen molar-refractivity contribution in [2.75, 3.05) is 97.5 Å². The van der Waals surface area contributed by atoms with Crippen LogP contribution >= 0.6 is 0 Å². The van der Waals surface area contributed by atoms with E-state index in [9.17, 15) is 22.4 Å². The molecule has 0 bridgehead atoms. The van der Waals surface area contributed by atoms with Crippen molar-refractivity contribution in [2.24, 2.45) is 16.7 Å². The second-order valence-electron chi connectivity index (χ2n) is 18.6. The molecule has 0 atom stereocenters. The highest BCUT2D eigenvalue weighted by atomic mass is 32.2. The van der Waals surface area contributed by atoms with Gasteiger partial charge in [-0.15, -0.1) is 0 Å². The van der Waals surface area contributed by atoms with E-state index in [0.717, 1.165) is 77.8 Å². The average Bonchev–Trinajstić information content (AvgIpc) is 3.17. The first-order chi connectivity index (χ1) is 28.1. The lowest BCUT2D eigenvalue weighted by Crippen LogP contribution is -2.62. The van der Waals surface area contributed by atoms with Gasteiger partial charge in [0.15, 0.2) is 11.6 Å². The van der Waals surface area contributed by atoms with Crippen LogP contribution in [-0.2, 0) is 15.0 Å². The van der Waals surface area contributed by atoms with Gasteiger partial charge < -0.3 is 29.2 Å². The number of benzene rings is 1. The second-order valence-corrected chi connectivity index (χ2v) is 20.5. The number of likely N-dealkylation sites (N-methyl/N-ethyl adjacent to an activating group) is 1. The van der Waals surface area contributed by atoms with Gasteiger partial charge in [-0.1, -0.05) is 6.08 Å². The molecule has 1 aromatic heterocycles. The molecule has 6 heterocycles. The van der Waals surface area contributed by atoms with E-state index in [4.69, 9.17) is 4.74 Å². The Bertz CT molecular complexity index is 1930. The van der Waals surface area contributed by atoms with Gasteiger partial charge in [0.25, 0.3) is 16.1 Å². The van der Waals surface area contributed by atoms with Gasteiger partial charge in [-0.25, -0.2) is 14.4 Å². The van der Waals surface area contributed by atoms with E-state index < -0.39 is 16.0 Å². The lowest BCUT2D eigenvalue weighted by atomic mass is 9.72. The molecule has 324 valence electrons. The number of carbonyl (C=O) groups is 2. The summed E-state index contributed by atoms with van der Waals surface area (Å²) in [6, 6.07) is 3.89. The van der Waals surface area contributed by atoms with Crippen LogP contribution in [0, 0.1) is 22.6 Å². The molecule has 5 aliphatic rings. The Kier molecular flexibility index (Phi) is 13.0. The van der Waals surface area contributed by atoms with Crippen molar-refractivity contribution in [3.05, 3.63) is 54.3 Å². The lowest BCUT2D eigenvalue weighted by Gasteiger charge is -2.55. The van der Waals surface area contributed by atoms with Crippen LogP contribution in [0.4, 0.5) is 10.2 Å². The molecule has 0 unspecified atom stereocenters. The number of rotatable bonds is 13. The number of hydrogen-bond donors (Lipinski definition) is 0. The van der Waals surface area contributed by atoms with Crippen molar-refractivity contribution in [3.63, 3.8) is 0 Å². The molecule has 0 aliphatic carbocycles. The largest absolute Gasteiger partial charge is 0.451 e. The first-order valence-electron chi connectivity index (χ1n) is 21.5. The first kappa shape index (κ1) is 43.4. The minimum atomic E-state index is -3.50. The van der Waals surface area contributed by atoms with Gasteiger partial charge in [-0.2, -0.15) is 17.0 Å². The van der Waals surface area contributed by atoms with Gasteiger partial charge in [0.2, 0.25) is 5.91 Å². The molecule has 5 saturated heterocycles. The zero-order chi connectivity index (χ0) is 42.1. The van der Waals surface area contributed by atoms with Crippen molar-refractivity contribution in [2.45, 2.75) is 78.3 Å². The van der Waals surface area contributed by atoms with Crippen LogP contribution in [0.25, 0.3) is 0 Å². The molecule has 1 aromatic carbocycles. The Labute approximate surface area is 350 Å². The molecular formula is C43H64FN9O5S.